The fourth-order valence-electron chi connectivity index (χ4n) is 5.87. The molecule has 2 aromatic carbocycles. The number of alkyl halides is 3. The highest BCUT2D eigenvalue weighted by Gasteiger charge is 2.73. The Kier molecular flexibility index (Phi) is 5.23. The molecule has 2 aliphatic carbocycles. The van der Waals surface area contributed by atoms with Crippen LogP contribution in [-0.4, -0.2) is 29.5 Å². The van der Waals surface area contributed by atoms with Gasteiger partial charge in [-0.05, 0) is 61.0 Å². The van der Waals surface area contributed by atoms with E-state index in [1.54, 1.807) is 12.1 Å². The molecule has 1 saturated carbocycles. The smallest absolute Gasteiger partial charge is 0.355 e. The van der Waals surface area contributed by atoms with Crippen molar-refractivity contribution in [1.82, 2.24) is 10.6 Å². The van der Waals surface area contributed by atoms with Crippen LogP contribution in [0.25, 0.3) is 0 Å². The quantitative estimate of drug-likeness (QED) is 0.368. The predicted molar refractivity (Wildman–Crippen MR) is 125 cm³/mol. The Morgan fingerprint density at radius 3 is 2.67 bits per heavy atom. The van der Waals surface area contributed by atoms with Crippen molar-refractivity contribution in [2.75, 3.05) is 11.9 Å². The summed E-state index contributed by atoms with van der Waals surface area (Å²) >= 11 is 5.40. The van der Waals surface area contributed by atoms with Gasteiger partial charge in [0.1, 0.15) is 11.4 Å². The molecule has 2 aromatic rings. The van der Waals surface area contributed by atoms with Gasteiger partial charge in [-0.15, -0.1) is 0 Å². The topological polar surface area (TPSA) is 85.2 Å². The van der Waals surface area contributed by atoms with Gasteiger partial charge >= 0.3 is 6.18 Å². The van der Waals surface area contributed by atoms with Crippen LogP contribution in [0.1, 0.15) is 39.9 Å². The van der Waals surface area contributed by atoms with Crippen molar-refractivity contribution in [2.45, 2.75) is 30.0 Å². The molecule has 0 aromatic heterocycles. The second-order valence-electron chi connectivity index (χ2n) is 9.04. The highest BCUT2D eigenvalue weighted by atomic mass is 32.1. The molecule has 5 rings (SSSR count). The fourth-order valence-corrected chi connectivity index (χ4v) is 6.24. The zero-order valence-electron chi connectivity index (χ0n) is 18.7. The molecule has 3 unspecified atom stereocenters. The Hall–Kier alpha value is -3.78. The van der Waals surface area contributed by atoms with Gasteiger partial charge in [-0.2, -0.15) is 18.4 Å². The number of nitriles is 1. The van der Waals surface area contributed by atoms with E-state index in [2.05, 4.69) is 10.6 Å². The molecule has 11 heteroatoms. The summed E-state index contributed by atoms with van der Waals surface area (Å²) in [6.07, 6.45) is -0.638. The molecule has 2 fully saturated rings. The minimum absolute atomic E-state index is 0.0448. The number of nitrogens with one attached hydrogen (secondary N) is 2. The van der Waals surface area contributed by atoms with Crippen LogP contribution in [0.4, 0.5) is 23.2 Å². The summed E-state index contributed by atoms with van der Waals surface area (Å²) in [5, 5.41) is 14.2. The number of hydrogen-bond donors (Lipinski definition) is 2. The third kappa shape index (κ3) is 3.10. The minimum atomic E-state index is -4.72. The second kappa shape index (κ2) is 7.86. The molecule has 184 valence electrons. The lowest BCUT2D eigenvalue weighted by atomic mass is 9.47. The van der Waals surface area contributed by atoms with Gasteiger partial charge in [-0.1, -0.05) is 18.2 Å². The number of nitrogens with zero attached hydrogens (tertiary/aromatic N) is 2. The molecule has 2 N–H and O–H groups in total. The first-order valence-corrected chi connectivity index (χ1v) is 11.4. The van der Waals surface area contributed by atoms with Crippen molar-refractivity contribution in [2.24, 2.45) is 5.92 Å². The summed E-state index contributed by atoms with van der Waals surface area (Å²) in [5.41, 5.74) is -3.26. The summed E-state index contributed by atoms with van der Waals surface area (Å²) in [5.74, 6) is -2.34. The van der Waals surface area contributed by atoms with Crippen molar-refractivity contribution in [3.8, 4) is 6.07 Å². The summed E-state index contributed by atoms with van der Waals surface area (Å²) in [6, 6.07) is 9.07. The number of carbonyl (C=O) groups is 2. The van der Waals surface area contributed by atoms with Crippen LogP contribution in [-0.2, 0) is 16.4 Å². The summed E-state index contributed by atoms with van der Waals surface area (Å²) < 4.78 is 55.8. The average Bonchev–Trinajstić information content (AvgIpc) is 3.31. The summed E-state index contributed by atoms with van der Waals surface area (Å²) in [7, 11) is 1.37. The van der Waals surface area contributed by atoms with Gasteiger partial charge in [-0.25, -0.2) is 4.39 Å². The number of thiocarbonyl (C=S) groups is 1. The Labute approximate surface area is 208 Å². The van der Waals surface area contributed by atoms with Gasteiger partial charge in [0.15, 0.2) is 5.11 Å². The highest BCUT2D eigenvalue weighted by molar-refractivity contribution is 7.80. The van der Waals surface area contributed by atoms with E-state index in [4.69, 9.17) is 17.5 Å². The first kappa shape index (κ1) is 23.9. The third-order valence-corrected chi connectivity index (χ3v) is 7.71. The molecule has 1 saturated heterocycles. The number of benzene rings is 2. The molecular weight excluding hydrogens is 496 g/mol. The molecule has 3 atom stereocenters. The molecule has 2 amide bonds. The lowest BCUT2D eigenvalue weighted by molar-refractivity contribution is -0.138. The van der Waals surface area contributed by atoms with E-state index in [0.29, 0.717) is 12.0 Å². The minimum Gasteiger partial charge on any atom is -0.355 e. The molecule has 1 spiro atoms. The largest absolute Gasteiger partial charge is 0.417 e. The van der Waals surface area contributed by atoms with E-state index >= 15 is 0 Å². The maximum Gasteiger partial charge on any atom is 0.417 e. The number of fused-ring (bicyclic) bond motifs is 2. The van der Waals surface area contributed by atoms with Gasteiger partial charge in [0.05, 0.1) is 22.8 Å². The number of rotatable bonds is 3. The van der Waals surface area contributed by atoms with Gasteiger partial charge in [0.25, 0.3) is 11.8 Å². The predicted octanol–water partition coefficient (Wildman–Crippen LogP) is 3.95. The number of amides is 2. The van der Waals surface area contributed by atoms with E-state index in [1.807, 2.05) is 6.08 Å². The van der Waals surface area contributed by atoms with Gasteiger partial charge in [0.2, 0.25) is 0 Å². The molecule has 1 aliphatic heterocycles. The normalized spacial score (nSPS) is 26.4. The maximum atomic E-state index is 14.8. The molecule has 3 aliphatic rings. The van der Waals surface area contributed by atoms with Crippen LogP contribution in [0.15, 0.2) is 48.6 Å². The van der Waals surface area contributed by atoms with Crippen molar-refractivity contribution in [3.63, 3.8) is 0 Å². The molecule has 1 heterocycles. The van der Waals surface area contributed by atoms with Crippen LogP contribution in [0.3, 0.4) is 0 Å². The Balaban J connectivity index is 1.59. The van der Waals surface area contributed by atoms with Gasteiger partial charge in [0, 0.05) is 24.1 Å². The highest BCUT2D eigenvalue weighted by Crippen LogP contribution is 2.64. The standard InChI is InChI=1S/C25H18F4N4O2S/c1-31-20(34)16-7-6-15(10-18(16)26)33-22(36)32-21(35)24(33)12-23(8-2-3-19(23)24)14-5-4-13(11-30)17(9-14)25(27,28)29/h2,4-10,19H,3,12H2,1H3,(H,31,34)(H,32,35,36). The lowest BCUT2D eigenvalue weighted by Crippen LogP contribution is -2.71. The van der Waals surface area contributed by atoms with E-state index in [0.717, 1.165) is 18.2 Å². The molecule has 0 bridgehead atoms. The van der Waals surface area contributed by atoms with E-state index in [-0.39, 0.29) is 22.8 Å². The van der Waals surface area contributed by atoms with Crippen molar-refractivity contribution >= 4 is 34.8 Å². The van der Waals surface area contributed by atoms with E-state index < -0.39 is 51.8 Å². The van der Waals surface area contributed by atoms with E-state index in [1.165, 1.54) is 30.1 Å². The first-order chi connectivity index (χ1) is 17.0. The zero-order chi connectivity index (χ0) is 26.0. The van der Waals surface area contributed by atoms with Crippen molar-refractivity contribution in [3.05, 3.63) is 76.6 Å². The fraction of sp³-hybridized carbons (Fsp3) is 0.280. The van der Waals surface area contributed by atoms with Crippen LogP contribution in [0.2, 0.25) is 0 Å². The SMILES string of the molecule is CNC(=O)c1ccc(N2C(=S)NC(=O)C23CC2(c4ccc(C#N)c(C(F)(F)F)c4)C=CCC23)cc1F. The summed E-state index contributed by atoms with van der Waals surface area (Å²) in [4.78, 5) is 26.7. The molecule has 36 heavy (non-hydrogen) atoms. The average molecular weight is 515 g/mol. The Morgan fingerprint density at radius 2 is 2.03 bits per heavy atom. The van der Waals surface area contributed by atoms with Crippen molar-refractivity contribution < 1.29 is 27.2 Å². The van der Waals surface area contributed by atoms with Crippen LogP contribution >= 0.6 is 12.2 Å². The van der Waals surface area contributed by atoms with Crippen LogP contribution < -0.4 is 15.5 Å². The Morgan fingerprint density at radius 1 is 1.28 bits per heavy atom. The van der Waals surface area contributed by atoms with E-state index in [9.17, 15) is 27.2 Å². The number of carbonyl (C=O) groups excluding carboxylic acids is 2. The first-order valence-electron chi connectivity index (χ1n) is 11.0. The third-order valence-electron chi connectivity index (χ3n) is 7.43. The van der Waals surface area contributed by atoms with Crippen molar-refractivity contribution in [1.29, 1.82) is 5.26 Å². The molecular formula is C25H18F4N4O2S. The van der Waals surface area contributed by atoms with Crippen LogP contribution in [0, 0.1) is 23.1 Å². The summed E-state index contributed by atoms with van der Waals surface area (Å²) in [6.45, 7) is 0. The lowest BCUT2D eigenvalue weighted by Gasteiger charge is -2.60. The zero-order valence-corrected chi connectivity index (χ0v) is 19.6. The second-order valence-corrected chi connectivity index (χ2v) is 9.43. The number of halogens is 4. The molecule has 0 radical (unpaired) electrons. The molecule has 6 nitrogen and oxygen atoms in total. The number of anilines is 1. The van der Waals surface area contributed by atoms with Crippen LogP contribution in [0.5, 0.6) is 0 Å². The monoisotopic (exact) mass is 514 g/mol. The number of allylic oxidation sites excluding steroid dienone is 2. The van der Waals surface area contributed by atoms with Gasteiger partial charge in [-0.3, -0.25) is 9.59 Å². The Bertz CT molecular complexity index is 1420. The maximum absolute atomic E-state index is 14.8. The number of hydrogen-bond acceptors (Lipinski definition) is 4. The van der Waals surface area contributed by atoms with Gasteiger partial charge < -0.3 is 15.5 Å².